The minimum Gasteiger partial charge on any atom is -0.356 e. The molecule has 0 aromatic rings. The Morgan fingerprint density at radius 3 is 2.50 bits per heavy atom. The van der Waals surface area contributed by atoms with Crippen molar-refractivity contribution in [1.29, 1.82) is 0 Å². The number of carbonyl (C=O) groups is 2. The van der Waals surface area contributed by atoms with Crippen LogP contribution in [-0.2, 0) is 9.59 Å². The van der Waals surface area contributed by atoms with Crippen molar-refractivity contribution in [3.63, 3.8) is 0 Å². The van der Waals surface area contributed by atoms with Gasteiger partial charge in [-0.25, -0.2) is 0 Å². The van der Waals surface area contributed by atoms with Crippen LogP contribution in [0.1, 0.15) is 33.1 Å². The smallest absolute Gasteiger partial charge is 0.223 e. The van der Waals surface area contributed by atoms with E-state index in [4.69, 9.17) is 5.73 Å². The molecule has 0 spiro atoms. The zero-order valence-electron chi connectivity index (χ0n) is 10.0. The minimum atomic E-state index is -0.355. The van der Waals surface area contributed by atoms with Crippen molar-refractivity contribution in [2.24, 2.45) is 11.7 Å². The molecule has 0 saturated carbocycles. The largest absolute Gasteiger partial charge is 0.356 e. The first kappa shape index (κ1) is 15.4. The summed E-state index contributed by atoms with van der Waals surface area (Å²) in [5, 5.41) is 2.82. The Morgan fingerprint density at radius 2 is 2.00 bits per heavy atom. The van der Waals surface area contributed by atoms with Gasteiger partial charge in [-0.05, 0) is 26.2 Å². The van der Waals surface area contributed by atoms with Crippen molar-refractivity contribution in [2.45, 2.75) is 39.2 Å². The number of hydrogen-bond acceptors (Lipinski definition) is 4. The Balaban J connectivity index is 3.47. The maximum absolute atomic E-state index is 11.3. The van der Waals surface area contributed by atoms with E-state index >= 15 is 0 Å². The molecule has 0 rings (SSSR count). The second-order valence-electron chi connectivity index (χ2n) is 4.09. The molecule has 0 heterocycles. The first-order valence-electron chi connectivity index (χ1n) is 5.63. The summed E-state index contributed by atoms with van der Waals surface area (Å²) < 4.78 is 0. The molecule has 16 heavy (non-hydrogen) atoms. The molecule has 0 saturated heterocycles. The predicted octanol–water partition coefficient (Wildman–Crippen LogP) is 0.755. The molecule has 1 amide bonds. The van der Waals surface area contributed by atoms with Crippen LogP contribution in [0.5, 0.6) is 0 Å². The minimum absolute atomic E-state index is 0.0210. The van der Waals surface area contributed by atoms with E-state index in [-0.39, 0.29) is 23.7 Å². The molecule has 94 valence electrons. The van der Waals surface area contributed by atoms with Gasteiger partial charge in [-0.1, -0.05) is 6.92 Å². The lowest BCUT2D eigenvalue weighted by atomic mass is 10.1. The topological polar surface area (TPSA) is 72.2 Å². The van der Waals surface area contributed by atoms with Crippen LogP contribution in [0, 0.1) is 5.92 Å². The first-order valence-corrected chi connectivity index (χ1v) is 6.27. The summed E-state index contributed by atoms with van der Waals surface area (Å²) in [5.74, 6) is 0.558. The van der Waals surface area contributed by atoms with Crippen LogP contribution in [0.3, 0.4) is 0 Å². The third kappa shape index (κ3) is 6.85. The van der Waals surface area contributed by atoms with Crippen LogP contribution >= 0.6 is 12.6 Å². The molecular weight excluding hydrogens is 224 g/mol. The quantitative estimate of drug-likeness (QED) is 0.437. The highest BCUT2D eigenvalue weighted by Crippen LogP contribution is 2.00. The van der Waals surface area contributed by atoms with Crippen molar-refractivity contribution in [3.8, 4) is 0 Å². The third-order valence-corrected chi connectivity index (χ3v) is 3.03. The standard InChI is InChI=1S/C11H22N2O2S/c1-8(7-16)11(15)13-6-4-3-5-10(12)9(2)14/h8,10,16H,3-7,12H2,1-2H3,(H,13,15)/t8-,10-/m0/s1. The predicted molar refractivity (Wildman–Crippen MR) is 68.5 cm³/mol. The van der Waals surface area contributed by atoms with E-state index in [0.717, 1.165) is 12.8 Å². The van der Waals surface area contributed by atoms with Crippen LogP contribution in [0.2, 0.25) is 0 Å². The number of unbranched alkanes of at least 4 members (excludes halogenated alkanes) is 1. The van der Waals surface area contributed by atoms with Gasteiger partial charge in [-0.3, -0.25) is 9.59 Å². The van der Waals surface area contributed by atoms with E-state index in [1.807, 2.05) is 6.92 Å². The lowest BCUT2D eigenvalue weighted by Crippen LogP contribution is -2.31. The van der Waals surface area contributed by atoms with Crippen molar-refractivity contribution in [2.75, 3.05) is 12.3 Å². The maximum Gasteiger partial charge on any atom is 0.223 e. The lowest BCUT2D eigenvalue weighted by Gasteiger charge is -2.10. The summed E-state index contributed by atoms with van der Waals surface area (Å²) in [6, 6.07) is -0.355. The number of carbonyl (C=O) groups excluding carboxylic acids is 2. The summed E-state index contributed by atoms with van der Waals surface area (Å²) in [4.78, 5) is 22.2. The van der Waals surface area contributed by atoms with Gasteiger partial charge in [0.25, 0.3) is 0 Å². The second kappa shape index (κ2) is 8.58. The fourth-order valence-electron chi connectivity index (χ4n) is 1.16. The fraction of sp³-hybridized carbons (Fsp3) is 0.818. The molecule has 0 aromatic heterocycles. The van der Waals surface area contributed by atoms with Gasteiger partial charge in [0.15, 0.2) is 0 Å². The van der Waals surface area contributed by atoms with Gasteiger partial charge in [0, 0.05) is 18.2 Å². The Morgan fingerprint density at radius 1 is 1.38 bits per heavy atom. The van der Waals surface area contributed by atoms with E-state index in [1.54, 1.807) is 0 Å². The highest BCUT2D eigenvalue weighted by Gasteiger charge is 2.10. The summed E-state index contributed by atoms with van der Waals surface area (Å²) >= 11 is 4.05. The highest BCUT2D eigenvalue weighted by molar-refractivity contribution is 7.80. The molecule has 0 aliphatic carbocycles. The lowest BCUT2D eigenvalue weighted by molar-refractivity contribution is -0.124. The molecular formula is C11H22N2O2S. The molecule has 0 fully saturated rings. The van der Waals surface area contributed by atoms with Crippen molar-refractivity contribution in [3.05, 3.63) is 0 Å². The van der Waals surface area contributed by atoms with Crippen LogP contribution in [0.15, 0.2) is 0 Å². The third-order valence-electron chi connectivity index (χ3n) is 2.48. The van der Waals surface area contributed by atoms with E-state index in [0.29, 0.717) is 18.7 Å². The van der Waals surface area contributed by atoms with Crippen LogP contribution in [-0.4, -0.2) is 30.0 Å². The van der Waals surface area contributed by atoms with E-state index < -0.39 is 0 Å². The second-order valence-corrected chi connectivity index (χ2v) is 4.45. The van der Waals surface area contributed by atoms with Gasteiger partial charge in [0.1, 0.15) is 5.78 Å². The monoisotopic (exact) mass is 246 g/mol. The first-order chi connectivity index (χ1) is 7.49. The van der Waals surface area contributed by atoms with E-state index in [1.165, 1.54) is 6.92 Å². The Hall–Kier alpha value is -0.550. The molecule has 5 heteroatoms. The van der Waals surface area contributed by atoms with Crippen molar-refractivity contribution in [1.82, 2.24) is 5.32 Å². The average Bonchev–Trinajstić information content (AvgIpc) is 2.26. The Labute approximate surface area is 103 Å². The van der Waals surface area contributed by atoms with Gasteiger partial charge >= 0.3 is 0 Å². The fourth-order valence-corrected chi connectivity index (χ4v) is 1.33. The van der Waals surface area contributed by atoms with Gasteiger partial charge in [-0.2, -0.15) is 12.6 Å². The van der Waals surface area contributed by atoms with E-state index in [9.17, 15) is 9.59 Å². The number of hydrogen-bond donors (Lipinski definition) is 3. The molecule has 2 atom stereocenters. The summed E-state index contributed by atoms with van der Waals surface area (Å²) in [6.45, 7) is 3.98. The van der Waals surface area contributed by atoms with E-state index in [2.05, 4.69) is 17.9 Å². The van der Waals surface area contributed by atoms with Crippen LogP contribution in [0.25, 0.3) is 0 Å². The zero-order chi connectivity index (χ0) is 12.6. The molecule has 0 aromatic carbocycles. The summed E-state index contributed by atoms with van der Waals surface area (Å²) in [7, 11) is 0. The average molecular weight is 246 g/mol. The maximum atomic E-state index is 11.3. The number of rotatable bonds is 8. The highest BCUT2D eigenvalue weighted by atomic mass is 32.1. The van der Waals surface area contributed by atoms with Crippen LogP contribution < -0.4 is 11.1 Å². The summed E-state index contributed by atoms with van der Waals surface area (Å²) in [6.07, 6.45) is 2.40. The number of nitrogens with two attached hydrogens (primary N) is 1. The Kier molecular flexibility index (Phi) is 8.29. The van der Waals surface area contributed by atoms with Gasteiger partial charge in [-0.15, -0.1) is 0 Å². The number of amides is 1. The normalized spacial score (nSPS) is 14.2. The summed E-state index contributed by atoms with van der Waals surface area (Å²) in [5.41, 5.74) is 5.58. The molecule has 0 bridgehead atoms. The SMILES string of the molecule is CC(=O)[C@@H](N)CCCCNC(=O)[C@@H](C)CS. The molecule has 0 unspecified atom stereocenters. The van der Waals surface area contributed by atoms with Gasteiger partial charge < -0.3 is 11.1 Å². The number of ketones is 1. The molecule has 4 nitrogen and oxygen atoms in total. The van der Waals surface area contributed by atoms with Gasteiger partial charge in [0.2, 0.25) is 5.91 Å². The molecule has 0 radical (unpaired) electrons. The number of thiol groups is 1. The Bertz CT molecular complexity index is 234. The van der Waals surface area contributed by atoms with Gasteiger partial charge in [0.05, 0.1) is 6.04 Å². The van der Waals surface area contributed by atoms with Crippen molar-refractivity contribution < 1.29 is 9.59 Å². The number of Topliss-reactive ketones (excluding diaryl/α,β-unsaturated/α-hetero) is 1. The van der Waals surface area contributed by atoms with Crippen LogP contribution in [0.4, 0.5) is 0 Å². The molecule has 0 aliphatic rings. The van der Waals surface area contributed by atoms with Crippen molar-refractivity contribution >= 4 is 24.3 Å². The number of nitrogens with one attached hydrogen (secondary N) is 1. The molecule has 0 aliphatic heterocycles. The molecule has 3 N–H and O–H groups in total. The zero-order valence-corrected chi connectivity index (χ0v) is 10.9.